The van der Waals surface area contributed by atoms with Crippen LogP contribution in [0.3, 0.4) is 0 Å². The highest BCUT2D eigenvalue weighted by molar-refractivity contribution is 5.97. The Hall–Kier alpha value is -2.62. The molecule has 1 fully saturated rings. The third kappa shape index (κ3) is 3.36. The SMILES string of the molecule is C=c1nc2c(cc1-c1ccccc1C)=CNC(=NC1CCC(C)CC1)N2. The first-order valence-corrected chi connectivity index (χ1v) is 9.47. The number of anilines is 1. The van der Waals surface area contributed by atoms with Crippen LogP contribution in [0, 0.1) is 12.8 Å². The zero-order chi connectivity index (χ0) is 18.1. The van der Waals surface area contributed by atoms with Gasteiger partial charge in [-0.05, 0) is 55.7 Å². The number of fused-ring (bicyclic) bond motifs is 1. The van der Waals surface area contributed by atoms with Gasteiger partial charge in [-0.2, -0.15) is 0 Å². The summed E-state index contributed by atoms with van der Waals surface area (Å²) in [5.41, 5.74) is 3.48. The summed E-state index contributed by atoms with van der Waals surface area (Å²) in [4.78, 5) is 9.57. The zero-order valence-electron chi connectivity index (χ0n) is 15.5. The minimum Gasteiger partial charge on any atom is -0.332 e. The number of pyridine rings is 1. The fourth-order valence-electron chi connectivity index (χ4n) is 3.80. The molecule has 4 rings (SSSR count). The average molecular weight is 346 g/mol. The molecule has 2 heterocycles. The fraction of sp³-hybridized carbons (Fsp3) is 0.364. The molecule has 4 heteroatoms. The largest absolute Gasteiger partial charge is 0.332 e. The summed E-state index contributed by atoms with van der Waals surface area (Å²) < 4.78 is 0. The van der Waals surface area contributed by atoms with Gasteiger partial charge in [0.05, 0.1) is 11.4 Å². The highest BCUT2D eigenvalue weighted by Crippen LogP contribution is 2.25. The number of guanidine groups is 1. The van der Waals surface area contributed by atoms with Crippen LogP contribution in [0.2, 0.25) is 0 Å². The monoisotopic (exact) mass is 346 g/mol. The topological polar surface area (TPSA) is 49.3 Å². The lowest BCUT2D eigenvalue weighted by Gasteiger charge is -2.25. The second kappa shape index (κ2) is 6.94. The first-order valence-electron chi connectivity index (χ1n) is 9.47. The van der Waals surface area contributed by atoms with Crippen molar-refractivity contribution in [1.82, 2.24) is 10.3 Å². The lowest BCUT2D eigenvalue weighted by molar-refractivity contribution is 0.349. The van der Waals surface area contributed by atoms with Crippen LogP contribution >= 0.6 is 0 Å². The van der Waals surface area contributed by atoms with Gasteiger partial charge in [0.25, 0.3) is 0 Å². The van der Waals surface area contributed by atoms with Gasteiger partial charge in [-0.25, -0.2) is 9.98 Å². The molecule has 1 aliphatic carbocycles. The molecule has 1 saturated carbocycles. The predicted molar refractivity (Wildman–Crippen MR) is 109 cm³/mol. The van der Waals surface area contributed by atoms with Crippen molar-refractivity contribution < 1.29 is 0 Å². The summed E-state index contributed by atoms with van der Waals surface area (Å²) in [5, 5.41) is 8.46. The van der Waals surface area contributed by atoms with Crippen LogP contribution < -0.4 is 21.2 Å². The Bertz CT molecular complexity index is 953. The standard InChI is InChI=1S/C22H26N4/c1-14-8-10-18(11-9-14)25-22-23-13-17-12-20(16(3)24-21(17)26-22)19-7-5-4-6-15(19)2/h4-7,12-14,18H,3,8-11H2,1-2H3,(H2,23,24,25,26). The molecule has 26 heavy (non-hydrogen) atoms. The predicted octanol–water partition coefficient (Wildman–Crippen LogP) is 3.16. The van der Waals surface area contributed by atoms with E-state index in [2.05, 4.69) is 61.4 Å². The van der Waals surface area contributed by atoms with Crippen LogP contribution in [0.1, 0.15) is 38.2 Å². The Morgan fingerprint density at radius 3 is 2.65 bits per heavy atom. The number of aromatic nitrogens is 1. The van der Waals surface area contributed by atoms with Gasteiger partial charge in [-0.3, -0.25) is 0 Å². The summed E-state index contributed by atoms with van der Waals surface area (Å²) in [6.45, 7) is 8.61. The molecule has 1 aliphatic heterocycles. The molecule has 1 aromatic heterocycles. The second-order valence-electron chi connectivity index (χ2n) is 7.54. The van der Waals surface area contributed by atoms with Gasteiger partial charge in [0.2, 0.25) is 5.96 Å². The minimum atomic E-state index is 0.404. The van der Waals surface area contributed by atoms with E-state index in [-0.39, 0.29) is 0 Å². The molecule has 4 nitrogen and oxygen atoms in total. The molecule has 0 unspecified atom stereocenters. The molecule has 0 amide bonds. The maximum Gasteiger partial charge on any atom is 0.201 e. The lowest BCUT2D eigenvalue weighted by Crippen LogP contribution is -2.39. The van der Waals surface area contributed by atoms with Crippen LogP contribution in [0.15, 0.2) is 35.3 Å². The van der Waals surface area contributed by atoms with E-state index >= 15 is 0 Å². The van der Waals surface area contributed by atoms with Gasteiger partial charge < -0.3 is 10.6 Å². The van der Waals surface area contributed by atoms with E-state index in [1.807, 2.05) is 6.20 Å². The van der Waals surface area contributed by atoms with Crippen LogP contribution in [0.4, 0.5) is 5.82 Å². The van der Waals surface area contributed by atoms with E-state index in [4.69, 9.17) is 9.98 Å². The summed E-state index contributed by atoms with van der Waals surface area (Å²) in [7, 11) is 0. The maximum absolute atomic E-state index is 4.86. The van der Waals surface area contributed by atoms with Crippen LogP contribution in [-0.4, -0.2) is 17.0 Å². The molecular formula is C22H26N4. The molecule has 0 saturated heterocycles. The molecule has 0 radical (unpaired) electrons. The quantitative estimate of drug-likeness (QED) is 0.878. The minimum absolute atomic E-state index is 0.404. The Morgan fingerprint density at radius 1 is 1.12 bits per heavy atom. The average Bonchev–Trinajstić information content (AvgIpc) is 2.64. The number of aryl methyl sites for hydroxylation is 1. The molecule has 0 atom stereocenters. The molecule has 1 aromatic carbocycles. The van der Waals surface area contributed by atoms with Gasteiger partial charge in [-0.1, -0.05) is 37.8 Å². The number of hydrogen-bond acceptors (Lipinski definition) is 2. The summed E-state index contributed by atoms with van der Waals surface area (Å²) in [6.07, 6.45) is 6.86. The Kier molecular flexibility index (Phi) is 4.49. The van der Waals surface area contributed by atoms with Crippen molar-refractivity contribution in [3.05, 3.63) is 46.5 Å². The van der Waals surface area contributed by atoms with Gasteiger partial charge in [-0.15, -0.1) is 0 Å². The molecule has 2 aromatic rings. The summed E-state index contributed by atoms with van der Waals surface area (Å²) >= 11 is 0. The smallest absolute Gasteiger partial charge is 0.201 e. The highest BCUT2D eigenvalue weighted by atomic mass is 15.2. The molecule has 2 N–H and O–H groups in total. The number of rotatable bonds is 2. The van der Waals surface area contributed by atoms with E-state index in [0.717, 1.165) is 33.8 Å². The molecule has 134 valence electrons. The van der Waals surface area contributed by atoms with Gasteiger partial charge >= 0.3 is 0 Å². The van der Waals surface area contributed by atoms with E-state index < -0.39 is 0 Å². The molecular weight excluding hydrogens is 320 g/mol. The van der Waals surface area contributed by atoms with Crippen molar-refractivity contribution in [2.75, 3.05) is 5.32 Å². The van der Waals surface area contributed by atoms with Crippen molar-refractivity contribution >= 4 is 24.6 Å². The third-order valence-electron chi connectivity index (χ3n) is 5.46. The Balaban J connectivity index is 1.62. The van der Waals surface area contributed by atoms with E-state index in [9.17, 15) is 0 Å². The number of aliphatic imine (C=N–C) groups is 1. The number of nitrogens with zero attached hydrogens (tertiary/aromatic N) is 2. The van der Waals surface area contributed by atoms with Crippen LogP contribution in [0.25, 0.3) is 23.9 Å². The summed E-state index contributed by atoms with van der Waals surface area (Å²) in [6, 6.07) is 10.9. The lowest BCUT2D eigenvalue weighted by atomic mass is 9.88. The molecule has 2 aliphatic rings. The van der Waals surface area contributed by atoms with Crippen molar-refractivity contribution in [3.63, 3.8) is 0 Å². The Labute approximate surface area is 154 Å². The molecule has 0 spiro atoms. The van der Waals surface area contributed by atoms with Gasteiger partial charge in [0.15, 0.2) is 0 Å². The zero-order valence-corrected chi connectivity index (χ0v) is 15.5. The number of benzene rings is 1. The number of nitrogens with one attached hydrogen (secondary N) is 2. The Morgan fingerprint density at radius 2 is 1.88 bits per heavy atom. The van der Waals surface area contributed by atoms with Crippen molar-refractivity contribution in [2.24, 2.45) is 10.9 Å². The van der Waals surface area contributed by atoms with Crippen molar-refractivity contribution in [1.29, 1.82) is 0 Å². The second-order valence-corrected chi connectivity index (χ2v) is 7.54. The normalized spacial score (nSPS) is 23.5. The van der Waals surface area contributed by atoms with Gasteiger partial charge in [0, 0.05) is 17.0 Å². The first-order chi connectivity index (χ1) is 12.6. The van der Waals surface area contributed by atoms with E-state index in [1.165, 1.54) is 36.8 Å². The summed E-state index contributed by atoms with van der Waals surface area (Å²) in [5.74, 6) is 2.46. The third-order valence-corrected chi connectivity index (χ3v) is 5.46. The highest BCUT2D eigenvalue weighted by Gasteiger charge is 2.19. The van der Waals surface area contributed by atoms with Crippen molar-refractivity contribution in [2.45, 2.75) is 45.6 Å². The van der Waals surface area contributed by atoms with Crippen molar-refractivity contribution in [3.8, 4) is 11.1 Å². The van der Waals surface area contributed by atoms with Crippen LogP contribution in [-0.2, 0) is 0 Å². The fourth-order valence-corrected chi connectivity index (χ4v) is 3.80. The van der Waals surface area contributed by atoms with E-state index in [1.54, 1.807) is 0 Å². The van der Waals surface area contributed by atoms with Gasteiger partial charge in [0.1, 0.15) is 5.82 Å². The van der Waals surface area contributed by atoms with Crippen LogP contribution in [0.5, 0.6) is 0 Å². The first kappa shape index (κ1) is 16.8. The molecule has 0 bridgehead atoms. The van der Waals surface area contributed by atoms with E-state index in [0.29, 0.717) is 6.04 Å². The number of hydrogen-bond donors (Lipinski definition) is 2. The maximum atomic E-state index is 4.86.